The monoisotopic (exact) mass is 442 g/mol. The van der Waals surface area contributed by atoms with Crippen molar-refractivity contribution in [2.75, 3.05) is 11.0 Å². The number of nitrogens with zero attached hydrogens (tertiary/aromatic N) is 2. The summed E-state index contributed by atoms with van der Waals surface area (Å²) in [4.78, 5) is 16.4. The van der Waals surface area contributed by atoms with Gasteiger partial charge in [-0.3, -0.25) is 14.1 Å². The zero-order valence-electron chi connectivity index (χ0n) is 16.1. The number of pyridine rings is 1. The SMILES string of the molecule is CS(=O)(=O)Nc1ccc2cc(C(N)=O)n(-c3cc(-c4ccc(F)cc4F)ccn3)c2c1. The van der Waals surface area contributed by atoms with Crippen molar-refractivity contribution in [2.24, 2.45) is 5.73 Å². The zero-order chi connectivity index (χ0) is 22.3. The summed E-state index contributed by atoms with van der Waals surface area (Å²) in [5, 5.41) is 0.619. The van der Waals surface area contributed by atoms with Crippen molar-refractivity contribution in [3.63, 3.8) is 0 Å². The Morgan fingerprint density at radius 1 is 1.06 bits per heavy atom. The molecule has 7 nitrogen and oxygen atoms in total. The van der Waals surface area contributed by atoms with Gasteiger partial charge in [0.1, 0.15) is 23.1 Å². The lowest BCUT2D eigenvalue weighted by Gasteiger charge is -2.11. The summed E-state index contributed by atoms with van der Waals surface area (Å²) >= 11 is 0. The van der Waals surface area contributed by atoms with Crippen molar-refractivity contribution in [1.82, 2.24) is 9.55 Å². The molecule has 2 heterocycles. The zero-order valence-corrected chi connectivity index (χ0v) is 17.0. The molecule has 10 heteroatoms. The van der Waals surface area contributed by atoms with E-state index in [0.717, 1.165) is 18.4 Å². The van der Waals surface area contributed by atoms with Gasteiger partial charge in [-0.05, 0) is 48.0 Å². The third-order valence-electron chi connectivity index (χ3n) is 4.58. The molecule has 0 saturated carbocycles. The second-order valence-corrected chi connectivity index (χ2v) is 8.65. The van der Waals surface area contributed by atoms with Crippen LogP contribution in [0.4, 0.5) is 14.5 Å². The van der Waals surface area contributed by atoms with Crippen LogP contribution in [0, 0.1) is 11.6 Å². The van der Waals surface area contributed by atoms with E-state index in [2.05, 4.69) is 9.71 Å². The molecular formula is C21H16F2N4O3S. The summed E-state index contributed by atoms with van der Waals surface area (Å²) in [6, 6.07) is 12.6. The van der Waals surface area contributed by atoms with Crippen LogP contribution in [0.15, 0.2) is 60.8 Å². The fourth-order valence-corrected chi connectivity index (χ4v) is 3.89. The van der Waals surface area contributed by atoms with Crippen LogP contribution in [0.25, 0.3) is 27.8 Å². The van der Waals surface area contributed by atoms with E-state index in [-0.39, 0.29) is 22.8 Å². The summed E-state index contributed by atoms with van der Waals surface area (Å²) in [7, 11) is -3.52. The lowest BCUT2D eigenvalue weighted by molar-refractivity contribution is 0.0994. The van der Waals surface area contributed by atoms with Crippen LogP contribution in [0.5, 0.6) is 0 Å². The molecular weight excluding hydrogens is 426 g/mol. The first kappa shape index (κ1) is 20.5. The first-order valence-electron chi connectivity index (χ1n) is 8.97. The van der Waals surface area contributed by atoms with E-state index in [0.29, 0.717) is 16.5 Å². The summed E-state index contributed by atoms with van der Waals surface area (Å²) in [5.74, 6) is -1.92. The average molecular weight is 442 g/mol. The van der Waals surface area contributed by atoms with Gasteiger partial charge in [0.05, 0.1) is 17.5 Å². The number of amides is 1. The molecule has 0 aliphatic carbocycles. The number of nitrogens with one attached hydrogen (secondary N) is 1. The third-order valence-corrected chi connectivity index (χ3v) is 5.18. The van der Waals surface area contributed by atoms with Crippen molar-refractivity contribution in [3.05, 3.63) is 78.1 Å². The van der Waals surface area contributed by atoms with Gasteiger partial charge < -0.3 is 5.73 Å². The average Bonchev–Trinajstić information content (AvgIpc) is 3.06. The minimum absolute atomic E-state index is 0.107. The number of aromatic nitrogens is 2. The maximum Gasteiger partial charge on any atom is 0.265 e. The fourth-order valence-electron chi connectivity index (χ4n) is 3.34. The van der Waals surface area contributed by atoms with E-state index < -0.39 is 27.6 Å². The van der Waals surface area contributed by atoms with Crippen LogP contribution in [-0.4, -0.2) is 30.1 Å². The van der Waals surface area contributed by atoms with E-state index in [4.69, 9.17) is 5.73 Å². The van der Waals surface area contributed by atoms with Gasteiger partial charge in [-0.15, -0.1) is 0 Å². The number of fused-ring (bicyclic) bond motifs is 1. The van der Waals surface area contributed by atoms with Gasteiger partial charge in [0.2, 0.25) is 10.0 Å². The molecule has 3 N–H and O–H groups in total. The van der Waals surface area contributed by atoms with E-state index in [1.54, 1.807) is 24.3 Å². The molecule has 2 aromatic carbocycles. The van der Waals surface area contributed by atoms with Gasteiger partial charge in [0.15, 0.2) is 0 Å². The first-order valence-corrected chi connectivity index (χ1v) is 10.9. The van der Waals surface area contributed by atoms with Crippen molar-refractivity contribution >= 4 is 32.5 Å². The second kappa shape index (κ2) is 7.47. The maximum atomic E-state index is 14.3. The minimum Gasteiger partial charge on any atom is -0.364 e. The van der Waals surface area contributed by atoms with Crippen LogP contribution in [0.2, 0.25) is 0 Å². The van der Waals surface area contributed by atoms with Gasteiger partial charge in [-0.2, -0.15) is 0 Å². The number of carbonyl (C=O) groups excluding carboxylic acids is 1. The van der Waals surface area contributed by atoms with Crippen LogP contribution < -0.4 is 10.5 Å². The van der Waals surface area contributed by atoms with Gasteiger partial charge in [-0.1, -0.05) is 6.07 Å². The van der Waals surface area contributed by atoms with Gasteiger partial charge >= 0.3 is 0 Å². The van der Waals surface area contributed by atoms with Crippen molar-refractivity contribution in [2.45, 2.75) is 0 Å². The number of benzene rings is 2. The van der Waals surface area contributed by atoms with Gasteiger partial charge in [-0.25, -0.2) is 22.2 Å². The topological polar surface area (TPSA) is 107 Å². The van der Waals surface area contributed by atoms with E-state index >= 15 is 0 Å². The van der Waals surface area contributed by atoms with Crippen molar-refractivity contribution in [1.29, 1.82) is 0 Å². The van der Waals surface area contributed by atoms with E-state index in [1.165, 1.54) is 29.0 Å². The summed E-state index contributed by atoms with van der Waals surface area (Å²) < 4.78 is 54.6. The number of hydrogen-bond acceptors (Lipinski definition) is 4. The Labute approximate surface area is 176 Å². The Kier molecular flexibility index (Phi) is 4.94. The standard InChI is InChI=1S/C21H16F2N4O3S/c1-31(29,30)26-15-4-2-13-8-19(21(24)28)27(18(13)11-15)20-9-12(6-7-25-20)16-5-3-14(22)10-17(16)23/h2-11,26H,1H3,(H2,24,28). The van der Waals surface area contributed by atoms with Gasteiger partial charge in [0, 0.05) is 23.2 Å². The quantitative estimate of drug-likeness (QED) is 0.494. The fraction of sp³-hybridized carbons (Fsp3) is 0.0476. The third kappa shape index (κ3) is 4.10. The highest BCUT2D eigenvalue weighted by atomic mass is 32.2. The van der Waals surface area contributed by atoms with Crippen LogP contribution in [-0.2, 0) is 10.0 Å². The molecule has 31 heavy (non-hydrogen) atoms. The minimum atomic E-state index is -3.52. The van der Waals surface area contributed by atoms with E-state index in [1.807, 2.05) is 0 Å². The Morgan fingerprint density at radius 2 is 1.84 bits per heavy atom. The van der Waals surface area contributed by atoms with Crippen molar-refractivity contribution in [3.8, 4) is 16.9 Å². The summed E-state index contributed by atoms with van der Waals surface area (Å²) in [5.41, 5.74) is 6.96. The Morgan fingerprint density at radius 3 is 2.52 bits per heavy atom. The smallest absolute Gasteiger partial charge is 0.265 e. The molecule has 1 amide bonds. The molecule has 158 valence electrons. The van der Waals surface area contributed by atoms with E-state index in [9.17, 15) is 22.0 Å². The Bertz CT molecular complexity index is 1450. The highest BCUT2D eigenvalue weighted by molar-refractivity contribution is 7.92. The van der Waals surface area contributed by atoms with Crippen molar-refractivity contribution < 1.29 is 22.0 Å². The molecule has 4 aromatic rings. The number of primary amides is 1. The number of halogens is 2. The molecule has 0 fully saturated rings. The molecule has 0 radical (unpaired) electrons. The largest absolute Gasteiger partial charge is 0.364 e. The maximum absolute atomic E-state index is 14.3. The molecule has 4 rings (SSSR count). The van der Waals surface area contributed by atoms with Crippen LogP contribution in [0.1, 0.15) is 10.5 Å². The summed E-state index contributed by atoms with van der Waals surface area (Å²) in [6.07, 6.45) is 2.44. The molecule has 0 saturated heterocycles. The van der Waals surface area contributed by atoms with Gasteiger partial charge in [0.25, 0.3) is 5.91 Å². The number of sulfonamides is 1. The Hall–Kier alpha value is -3.79. The second-order valence-electron chi connectivity index (χ2n) is 6.90. The molecule has 0 unspecified atom stereocenters. The highest BCUT2D eigenvalue weighted by Crippen LogP contribution is 2.29. The molecule has 0 bridgehead atoms. The molecule has 2 aromatic heterocycles. The first-order chi connectivity index (χ1) is 14.6. The summed E-state index contributed by atoms with van der Waals surface area (Å²) in [6.45, 7) is 0. The molecule has 0 spiro atoms. The van der Waals surface area contributed by atoms with Crippen LogP contribution >= 0.6 is 0 Å². The van der Waals surface area contributed by atoms with Crippen LogP contribution in [0.3, 0.4) is 0 Å². The highest BCUT2D eigenvalue weighted by Gasteiger charge is 2.18. The number of rotatable bonds is 5. The normalized spacial score (nSPS) is 11.6. The molecule has 0 aliphatic rings. The number of nitrogens with two attached hydrogens (primary N) is 1. The number of carbonyl (C=O) groups is 1. The predicted molar refractivity (Wildman–Crippen MR) is 113 cm³/mol. The lowest BCUT2D eigenvalue weighted by Crippen LogP contribution is -2.16. The lowest BCUT2D eigenvalue weighted by atomic mass is 10.1. The Balaban J connectivity index is 1.93. The molecule has 0 atom stereocenters. The predicted octanol–water partition coefficient (Wildman–Crippen LogP) is 3.44. The number of hydrogen-bond donors (Lipinski definition) is 2. The molecule has 0 aliphatic heterocycles. The number of anilines is 1.